The molecule has 0 aliphatic carbocycles. The van der Waals surface area contributed by atoms with Crippen LogP contribution < -0.4 is 4.74 Å². The molecule has 0 aromatic heterocycles. The number of methoxy groups -OCH3 is 1. The Balaban J connectivity index is 2.08. The Morgan fingerprint density at radius 2 is 1.87 bits per heavy atom. The number of ketones is 1. The van der Waals surface area contributed by atoms with Crippen molar-refractivity contribution in [2.45, 2.75) is 19.4 Å². The number of carbonyl (C=O) groups is 3. The van der Waals surface area contributed by atoms with Crippen LogP contribution in [0.25, 0.3) is 5.76 Å². The van der Waals surface area contributed by atoms with E-state index in [1.807, 2.05) is 0 Å². The van der Waals surface area contributed by atoms with E-state index in [0.717, 1.165) is 0 Å². The second-order valence-corrected chi connectivity index (χ2v) is 7.45. The first-order chi connectivity index (χ1) is 14.8. The van der Waals surface area contributed by atoms with Crippen LogP contribution in [0.5, 0.6) is 5.75 Å². The molecule has 1 aliphatic rings. The third kappa shape index (κ3) is 4.95. The van der Waals surface area contributed by atoms with Crippen LogP contribution in [0.2, 0.25) is 5.02 Å². The quantitative estimate of drug-likeness (QED) is 0.175. The summed E-state index contributed by atoms with van der Waals surface area (Å²) in [6.45, 7) is 1.97. The highest BCUT2D eigenvalue weighted by Crippen LogP contribution is 2.40. The Hall–Kier alpha value is -3.16. The van der Waals surface area contributed by atoms with E-state index in [2.05, 4.69) is 0 Å². The fourth-order valence-electron chi connectivity index (χ4n) is 3.51. The largest absolute Gasteiger partial charge is 0.507 e. The number of ether oxygens (including phenoxy) is 2. The van der Waals surface area contributed by atoms with Gasteiger partial charge in [0.05, 0.1) is 11.6 Å². The SMILES string of the molecule is COCCCN1C(=O)C(=O)/C(=C(\O)c2cccc(Cl)c2)C1c1ccc(OC(C)=O)cc1. The lowest BCUT2D eigenvalue weighted by molar-refractivity contribution is -0.140. The fraction of sp³-hybridized carbons (Fsp3) is 0.261. The van der Waals surface area contributed by atoms with Gasteiger partial charge < -0.3 is 19.5 Å². The molecule has 2 aromatic rings. The molecule has 1 aliphatic heterocycles. The predicted octanol–water partition coefficient (Wildman–Crippen LogP) is 3.72. The van der Waals surface area contributed by atoms with Crippen LogP contribution in [0, 0.1) is 0 Å². The van der Waals surface area contributed by atoms with Crippen molar-refractivity contribution >= 4 is 35.0 Å². The maximum atomic E-state index is 12.9. The van der Waals surface area contributed by atoms with Gasteiger partial charge in [0, 0.05) is 37.8 Å². The molecule has 1 saturated heterocycles. The van der Waals surface area contributed by atoms with E-state index in [4.69, 9.17) is 21.1 Å². The van der Waals surface area contributed by atoms with Crippen molar-refractivity contribution in [3.63, 3.8) is 0 Å². The van der Waals surface area contributed by atoms with Crippen molar-refractivity contribution in [3.05, 3.63) is 70.3 Å². The molecule has 0 bridgehead atoms. The summed E-state index contributed by atoms with van der Waals surface area (Å²) in [6.07, 6.45) is 0.517. The monoisotopic (exact) mass is 443 g/mol. The van der Waals surface area contributed by atoms with Gasteiger partial charge in [-0.3, -0.25) is 14.4 Å². The number of Topliss-reactive ketones (excluding diaryl/α,β-unsaturated/α-hetero) is 1. The van der Waals surface area contributed by atoms with Gasteiger partial charge in [0.15, 0.2) is 0 Å². The first kappa shape index (κ1) is 22.5. The summed E-state index contributed by atoms with van der Waals surface area (Å²) in [4.78, 5) is 38.3. The van der Waals surface area contributed by atoms with E-state index in [1.165, 1.54) is 17.9 Å². The lowest BCUT2D eigenvalue weighted by Crippen LogP contribution is -2.31. The number of benzene rings is 2. The number of carbonyl (C=O) groups excluding carboxylic acids is 3. The lowest BCUT2D eigenvalue weighted by Gasteiger charge is -2.25. The van der Waals surface area contributed by atoms with E-state index in [-0.39, 0.29) is 17.9 Å². The molecule has 0 saturated carbocycles. The van der Waals surface area contributed by atoms with Crippen LogP contribution in [0.4, 0.5) is 0 Å². The summed E-state index contributed by atoms with van der Waals surface area (Å²) in [5, 5.41) is 11.3. The summed E-state index contributed by atoms with van der Waals surface area (Å²) >= 11 is 6.03. The van der Waals surface area contributed by atoms with Crippen molar-refractivity contribution in [1.29, 1.82) is 0 Å². The number of hydrogen-bond acceptors (Lipinski definition) is 6. The second-order valence-electron chi connectivity index (χ2n) is 7.01. The van der Waals surface area contributed by atoms with Crippen molar-refractivity contribution < 1.29 is 29.0 Å². The molecule has 1 atom stereocenters. The normalized spacial score (nSPS) is 17.8. The third-order valence-electron chi connectivity index (χ3n) is 4.84. The standard InChI is InChI=1S/C23H22ClNO6/c1-14(26)31-18-9-7-15(8-10-18)20-19(21(27)16-5-3-6-17(24)13-16)22(28)23(29)25(20)11-4-12-30-2/h3,5-10,13,20,27H,4,11-12H2,1-2H3/b21-19-. The predicted molar refractivity (Wildman–Crippen MR) is 115 cm³/mol. The number of aliphatic hydroxyl groups excluding tert-OH is 1. The molecule has 1 unspecified atom stereocenters. The number of rotatable bonds is 7. The molecule has 0 spiro atoms. The van der Waals surface area contributed by atoms with E-state index in [9.17, 15) is 19.5 Å². The van der Waals surface area contributed by atoms with Crippen molar-refractivity contribution in [1.82, 2.24) is 4.90 Å². The maximum absolute atomic E-state index is 12.9. The summed E-state index contributed by atoms with van der Waals surface area (Å²) < 4.78 is 10.1. The molecular weight excluding hydrogens is 422 g/mol. The number of hydrogen-bond donors (Lipinski definition) is 1. The summed E-state index contributed by atoms with van der Waals surface area (Å²) in [5.74, 6) is -1.90. The number of halogens is 1. The van der Waals surface area contributed by atoms with E-state index >= 15 is 0 Å². The Morgan fingerprint density at radius 3 is 2.48 bits per heavy atom. The Labute approximate surface area is 184 Å². The molecule has 1 N–H and O–H groups in total. The number of nitrogens with zero attached hydrogens (tertiary/aromatic N) is 1. The minimum absolute atomic E-state index is 0.0232. The number of amides is 1. The maximum Gasteiger partial charge on any atom is 0.308 e. The van der Waals surface area contributed by atoms with Gasteiger partial charge in [-0.1, -0.05) is 35.9 Å². The molecule has 1 amide bonds. The minimum atomic E-state index is -0.804. The molecule has 3 rings (SSSR count). The van der Waals surface area contributed by atoms with E-state index in [0.29, 0.717) is 34.9 Å². The van der Waals surface area contributed by atoms with Crippen molar-refractivity contribution in [3.8, 4) is 5.75 Å². The first-order valence-corrected chi connectivity index (χ1v) is 10.0. The molecule has 31 heavy (non-hydrogen) atoms. The number of aliphatic hydroxyl groups is 1. The third-order valence-corrected chi connectivity index (χ3v) is 5.08. The van der Waals surface area contributed by atoms with E-state index < -0.39 is 23.7 Å². The van der Waals surface area contributed by atoms with Gasteiger partial charge in [0.25, 0.3) is 11.7 Å². The van der Waals surface area contributed by atoms with Crippen LogP contribution in [-0.4, -0.2) is 47.9 Å². The highest BCUT2D eigenvalue weighted by Gasteiger charge is 2.45. The number of likely N-dealkylation sites (tertiary alicyclic amines) is 1. The molecule has 7 nitrogen and oxygen atoms in total. The van der Waals surface area contributed by atoms with Gasteiger partial charge in [-0.2, -0.15) is 0 Å². The van der Waals surface area contributed by atoms with Crippen LogP contribution in [-0.2, 0) is 19.1 Å². The summed E-state index contributed by atoms with van der Waals surface area (Å²) in [5.41, 5.74) is 0.907. The smallest absolute Gasteiger partial charge is 0.308 e. The van der Waals surface area contributed by atoms with Crippen LogP contribution in [0.1, 0.15) is 30.5 Å². The van der Waals surface area contributed by atoms with Crippen molar-refractivity contribution in [2.24, 2.45) is 0 Å². The van der Waals surface area contributed by atoms with Crippen molar-refractivity contribution in [2.75, 3.05) is 20.3 Å². The fourth-order valence-corrected chi connectivity index (χ4v) is 3.70. The molecular formula is C23H22ClNO6. The molecule has 162 valence electrons. The Kier molecular flexibility index (Phi) is 7.09. The average Bonchev–Trinajstić information content (AvgIpc) is 2.98. The van der Waals surface area contributed by atoms with Gasteiger partial charge >= 0.3 is 5.97 Å². The van der Waals surface area contributed by atoms with Gasteiger partial charge in [-0.05, 0) is 36.2 Å². The first-order valence-electron chi connectivity index (χ1n) is 9.65. The summed E-state index contributed by atoms with van der Waals surface area (Å²) in [6, 6.07) is 12.1. The Bertz CT molecular complexity index is 1030. The zero-order valence-corrected chi connectivity index (χ0v) is 17.9. The molecule has 1 heterocycles. The molecule has 1 fully saturated rings. The molecule has 2 aromatic carbocycles. The Morgan fingerprint density at radius 1 is 1.16 bits per heavy atom. The van der Waals surface area contributed by atoms with E-state index in [1.54, 1.807) is 49.6 Å². The van der Waals surface area contributed by atoms with Gasteiger partial charge in [-0.25, -0.2) is 0 Å². The van der Waals surface area contributed by atoms with Crippen LogP contribution in [0.3, 0.4) is 0 Å². The van der Waals surface area contributed by atoms with Gasteiger partial charge in [0.1, 0.15) is 11.5 Å². The van der Waals surface area contributed by atoms with Gasteiger partial charge in [0.2, 0.25) is 0 Å². The molecule has 0 radical (unpaired) electrons. The zero-order chi connectivity index (χ0) is 22.5. The topological polar surface area (TPSA) is 93.1 Å². The highest BCUT2D eigenvalue weighted by atomic mass is 35.5. The molecule has 8 heteroatoms. The number of esters is 1. The minimum Gasteiger partial charge on any atom is -0.507 e. The summed E-state index contributed by atoms with van der Waals surface area (Å²) in [7, 11) is 1.55. The average molecular weight is 444 g/mol. The lowest BCUT2D eigenvalue weighted by atomic mass is 9.95. The van der Waals surface area contributed by atoms with Crippen LogP contribution in [0.15, 0.2) is 54.1 Å². The highest BCUT2D eigenvalue weighted by molar-refractivity contribution is 6.46. The van der Waals surface area contributed by atoms with Gasteiger partial charge in [-0.15, -0.1) is 0 Å². The zero-order valence-electron chi connectivity index (χ0n) is 17.1. The second kappa shape index (κ2) is 9.76. The van der Waals surface area contributed by atoms with Crippen LogP contribution >= 0.6 is 11.6 Å².